The van der Waals surface area contributed by atoms with Crippen molar-refractivity contribution in [3.8, 4) is 23.2 Å². The van der Waals surface area contributed by atoms with Gasteiger partial charge in [0.15, 0.2) is 0 Å². The summed E-state index contributed by atoms with van der Waals surface area (Å²) in [4.78, 5) is 4.60. The second kappa shape index (κ2) is 9.35. The summed E-state index contributed by atoms with van der Waals surface area (Å²) in [5.41, 5.74) is 3.02. The molecule has 6 nitrogen and oxygen atoms in total. The Morgan fingerprint density at radius 2 is 2.03 bits per heavy atom. The van der Waals surface area contributed by atoms with Gasteiger partial charge in [-0.2, -0.15) is 4.98 Å². The van der Waals surface area contributed by atoms with Gasteiger partial charge in [-0.15, -0.1) is 0 Å². The molecular formula is C25H26ClN4O2. The van der Waals surface area contributed by atoms with Gasteiger partial charge in [-0.05, 0) is 85.8 Å². The van der Waals surface area contributed by atoms with Crippen LogP contribution in [0.4, 0.5) is 0 Å². The minimum atomic E-state index is 0.260. The lowest BCUT2D eigenvalue weighted by Gasteiger charge is -2.14. The van der Waals surface area contributed by atoms with E-state index in [2.05, 4.69) is 46.6 Å². The smallest absolute Gasteiger partial charge is 0.275 e. The maximum Gasteiger partial charge on any atom is 0.275 e. The Kier molecular flexibility index (Phi) is 6.14. The number of hydrogen-bond donors (Lipinski definition) is 1. The fourth-order valence-electron chi connectivity index (χ4n) is 4.18. The number of hydrogen-bond acceptors (Lipinski definition) is 5. The minimum Gasteiger partial charge on any atom is -0.489 e. The van der Waals surface area contributed by atoms with Crippen LogP contribution in [0.15, 0.2) is 53.2 Å². The van der Waals surface area contributed by atoms with Crippen molar-refractivity contribution in [3.05, 3.63) is 66.2 Å². The van der Waals surface area contributed by atoms with Crippen molar-refractivity contribution in [2.75, 3.05) is 6.54 Å². The summed E-state index contributed by atoms with van der Waals surface area (Å²) in [6.07, 6.45) is 7.70. The van der Waals surface area contributed by atoms with E-state index in [0.717, 1.165) is 48.8 Å². The molecule has 1 fully saturated rings. The summed E-state index contributed by atoms with van der Waals surface area (Å²) >= 11 is 6.47. The van der Waals surface area contributed by atoms with E-state index in [1.54, 1.807) is 0 Å². The van der Waals surface area contributed by atoms with Crippen molar-refractivity contribution in [2.45, 2.75) is 44.8 Å². The lowest BCUT2D eigenvalue weighted by molar-refractivity contribution is 0.210. The molecule has 2 aromatic heterocycles. The lowest BCUT2D eigenvalue weighted by atomic mass is 10.1. The van der Waals surface area contributed by atoms with E-state index < -0.39 is 0 Å². The van der Waals surface area contributed by atoms with Crippen LogP contribution in [-0.4, -0.2) is 27.4 Å². The summed E-state index contributed by atoms with van der Waals surface area (Å²) < 4.78 is 13.5. The normalized spacial score (nSPS) is 14.4. The van der Waals surface area contributed by atoms with Gasteiger partial charge in [0, 0.05) is 23.7 Å². The number of halogens is 1. The molecule has 0 aliphatic heterocycles. The Hall–Kier alpha value is -2.83. The predicted octanol–water partition coefficient (Wildman–Crippen LogP) is 5.97. The molecule has 4 aromatic rings. The number of nitrogens with one attached hydrogen (secondary N) is 1. The van der Waals surface area contributed by atoms with Crippen LogP contribution in [0.2, 0.25) is 5.02 Å². The molecule has 1 aliphatic rings. The SMILES string of the molecule is [CH2]CCNCc1ccc2c(ccn2-c2noc(-c3ccc(OC4CCCC4)c(Cl)c3)n2)c1. The second-order valence-corrected chi connectivity index (χ2v) is 8.59. The highest BCUT2D eigenvalue weighted by atomic mass is 35.5. The van der Waals surface area contributed by atoms with Crippen LogP contribution in [0.25, 0.3) is 28.3 Å². The zero-order chi connectivity index (χ0) is 21.9. The second-order valence-electron chi connectivity index (χ2n) is 8.18. The monoisotopic (exact) mass is 449 g/mol. The van der Waals surface area contributed by atoms with Crippen molar-refractivity contribution in [3.63, 3.8) is 0 Å². The standard InChI is InChI=1S/C25H26ClN4O2/c1-2-12-27-16-17-7-9-22-18(14-17)11-13-30(22)25-28-24(32-29-25)19-8-10-23(21(26)15-19)31-20-5-3-4-6-20/h7-11,13-15,20,27H,1-6,12,16H2. The topological polar surface area (TPSA) is 65.1 Å². The third-order valence-corrected chi connectivity index (χ3v) is 6.14. The van der Waals surface area contributed by atoms with E-state index in [0.29, 0.717) is 22.6 Å². The zero-order valence-electron chi connectivity index (χ0n) is 17.9. The Labute approximate surface area is 192 Å². The first-order valence-corrected chi connectivity index (χ1v) is 11.5. The van der Waals surface area contributed by atoms with Crippen LogP contribution >= 0.6 is 11.6 Å². The van der Waals surface area contributed by atoms with Gasteiger partial charge in [0.25, 0.3) is 11.8 Å². The van der Waals surface area contributed by atoms with Gasteiger partial charge >= 0.3 is 0 Å². The van der Waals surface area contributed by atoms with Gasteiger partial charge < -0.3 is 14.6 Å². The maximum absolute atomic E-state index is 6.47. The summed E-state index contributed by atoms with van der Waals surface area (Å²) in [5, 5.41) is 9.25. The molecule has 1 radical (unpaired) electrons. The van der Waals surface area contributed by atoms with Gasteiger partial charge in [0.1, 0.15) is 5.75 Å². The molecule has 2 heterocycles. The molecule has 1 aliphatic carbocycles. The summed E-state index contributed by atoms with van der Waals surface area (Å²) in [6, 6.07) is 14.0. The van der Waals surface area contributed by atoms with E-state index in [4.69, 9.17) is 20.9 Å². The fraction of sp³-hybridized carbons (Fsp3) is 0.320. The van der Waals surface area contributed by atoms with Crippen LogP contribution in [0.5, 0.6) is 5.75 Å². The molecule has 0 saturated heterocycles. The van der Waals surface area contributed by atoms with Crippen molar-refractivity contribution in [1.82, 2.24) is 20.0 Å². The molecule has 0 spiro atoms. The van der Waals surface area contributed by atoms with E-state index in [1.165, 1.54) is 18.4 Å². The van der Waals surface area contributed by atoms with Crippen LogP contribution in [-0.2, 0) is 6.54 Å². The number of aromatic nitrogens is 3. The van der Waals surface area contributed by atoms with Gasteiger partial charge in [0.05, 0.1) is 16.6 Å². The third-order valence-electron chi connectivity index (χ3n) is 5.84. The van der Waals surface area contributed by atoms with Crippen LogP contribution in [0.1, 0.15) is 37.7 Å². The number of benzene rings is 2. The van der Waals surface area contributed by atoms with Crippen molar-refractivity contribution in [2.24, 2.45) is 0 Å². The van der Waals surface area contributed by atoms with E-state index in [1.807, 2.05) is 29.0 Å². The Morgan fingerprint density at radius 3 is 2.84 bits per heavy atom. The average Bonchev–Trinajstić information content (AvgIpc) is 3.56. The summed E-state index contributed by atoms with van der Waals surface area (Å²) in [6.45, 7) is 5.58. The Balaban J connectivity index is 1.35. The lowest BCUT2D eigenvalue weighted by Crippen LogP contribution is -2.13. The number of nitrogens with zero attached hydrogens (tertiary/aromatic N) is 3. The van der Waals surface area contributed by atoms with Gasteiger partial charge in [-0.1, -0.05) is 24.6 Å². The predicted molar refractivity (Wildman–Crippen MR) is 126 cm³/mol. The maximum atomic E-state index is 6.47. The molecular weight excluding hydrogens is 424 g/mol. The average molecular weight is 450 g/mol. The van der Waals surface area contributed by atoms with E-state index in [-0.39, 0.29) is 6.10 Å². The first-order chi connectivity index (χ1) is 15.7. The van der Waals surface area contributed by atoms with Gasteiger partial charge in [-0.3, -0.25) is 4.57 Å². The van der Waals surface area contributed by atoms with Gasteiger partial charge in [0.2, 0.25) is 0 Å². The fourth-order valence-corrected chi connectivity index (χ4v) is 4.41. The van der Waals surface area contributed by atoms with Crippen LogP contribution < -0.4 is 10.1 Å². The number of rotatable bonds is 8. The summed E-state index contributed by atoms with van der Waals surface area (Å²) in [7, 11) is 0. The molecule has 0 amide bonds. The Morgan fingerprint density at radius 1 is 1.16 bits per heavy atom. The molecule has 1 saturated carbocycles. The first-order valence-electron chi connectivity index (χ1n) is 11.1. The Bertz CT molecular complexity index is 1210. The molecule has 0 bridgehead atoms. The third kappa shape index (κ3) is 4.38. The van der Waals surface area contributed by atoms with Crippen LogP contribution in [0, 0.1) is 6.92 Å². The van der Waals surface area contributed by atoms with E-state index in [9.17, 15) is 0 Å². The van der Waals surface area contributed by atoms with Crippen molar-refractivity contribution in [1.29, 1.82) is 0 Å². The number of fused-ring (bicyclic) bond motifs is 1. The van der Waals surface area contributed by atoms with Crippen molar-refractivity contribution < 1.29 is 9.26 Å². The summed E-state index contributed by atoms with van der Waals surface area (Å²) in [5.74, 6) is 1.62. The quantitative estimate of drug-likeness (QED) is 0.336. The highest BCUT2D eigenvalue weighted by Gasteiger charge is 2.19. The minimum absolute atomic E-state index is 0.260. The highest BCUT2D eigenvalue weighted by molar-refractivity contribution is 6.32. The number of ether oxygens (including phenoxy) is 1. The molecule has 165 valence electrons. The highest BCUT2D eigenvalue weighted by Crippen LogP contribution is 2.33. The van der Waals surface area contributed by atoms with Gasteiger partial charge in [-0.25, -0.2) is 0 Å². The van der Waals surface area contributed by atoms with Crippen LogP contribution in [0.3, 0.4) is 0 Å². The van der Waals surface area contributed by atoms with E-state index >= 15 is 0 Å². The largest absolute Gasteiger partial charge is 0.489 e. The molecule has 0 unspecified atom stereocenters. The molecule has 2 aromatic carbocycles. The molecule has 1 N–H and O–H groups in total. The molecule has 5 rings (SSSR count). The zero-order valence-corrected chi connectivity index (χ0v) is 18.6. The molecule has 7 heteroatoms. The molecule has 0 atom stereocenters. The molecule has 32 heavy (non-hydrogen) atoms. The first kappa shape index (κ1) is 21.0. The van der Waals surface area contributed by atoms with Crippen molar-refractivity contribution >= 4 is 22.5 Å².